The second kappa shape index (κ2) is 10.9. The third-order valence-electron chi connectivity index (χ3n) is 4.13. The Balaban J connectivity index is 2.36. The molecule has 0 heterocycles. The molecule has 2 rings (SSSR count). The number of rotatable bonds is 12. The van der Waals surface area contributed by atoms with E-state index in [0.29, 0.717) is 12.2 Å². The first-order chi connectivity index (χ1) is 13.8. The smallest absolute Gasteiger partial charge is 0.351 e. The predicted octanol–water partition coefficient (Wildman–Crippen LogP) is 4.55. The molecule has 2 aromatic rings. The zero-order valence-electron chi connectivity index (χ0n) is 16.5. The summed E-state index contributed by atoms with van der Waals surface area (Å²) >= 11 is 0. The van der Waals surface area contributed by atoms with Crippen LogP contribution in [0.5, 0.6) is 5.75 Å². The summed E-state index contributed by atoms with van der Waals surface area (Å²) in [4.78, 5) is -1.76. The van der Waals surface area contributed by atoms with E-state index >= 15 is 0 Å². The summed E-state index contributed by atoms with van der Waals surface area (Å²) in [5.74, 6) is 0.533. The normalized spacial score (nSPS) is 14.3. The molecule has 0 fully saturated rings. The molecule has 0 spiro atoms. The van der Waals surface area contributed by atoms with Crippen molar-refractivity contribution in [3.63, 3.8) is 0 Å². The monoisotopic (exact) mass is 442 g/mol. The lowest BCUT2D eigenvalue weighted by molar-refractivity contribution is 0.178. The lowest BCUT2D eigenvalue weighted by Gasteiger charge is -2.28. The van der Waals surface area contributed by atoms with Crippen LogP contribution >= 0.6 is 7.60 Å². The predicted molar refractivity (Wildman–Crippen MR) is 112 cm³/mol. The highest BCUT2D eigenvalue weighted by Crippen LogP contribution is 2.56. The van der Waals surface area contributed by atoms with E-state index in [2.05, 4.69) is 0 Å². The van der Waals surface area contributed by atoms with Crippen molar-refractivity contribution in [2.75, 3.05) is 13.2 Å². The lowest BCUT2D eigenvalue weighted by atomic mass is 10.1. The Labute approximate surface area is 172 Å². The molecule has 0 saturated heterocycles. The van der Waals surface area contributed by atoms with Crippen molar-refractivity contribution >= 4 is 17.7 Å². The van der Waals surface area contributed by atoms with E-state index in [9.17, 15) is 17.5 Å². The quantitative estimate of drug-likeness (QED) is 0.380. The van der Waals surface area contributed by atoms with Gasteiger partial charge in [-0.3, -0.25) is 9.12 Å². The van der Waals surface area contributed by atoms with Gasteiger partial charge in [-0.15, -0.1) is 0 Å². The van der Waals surface area contributed by atoms with Gasteiger partial charge in [0, 0.05) is 12.8 Å². The molecule has 0 aliphatic carbocycles. The van der Waals surface area contributed by atoms with Crippen LogP contribution in [0.1, 0.15) is 25.8 Å². The second-order valence-electron chi connectivity index (χ2n) is 6.32. The molecule has 2 unspecified atom stereocenters. The molecule has 0 bridgehead atoms. The highest BCUT2D eigenvalue weighted by Gasteiger charge is 2.46. The minimum absolute atomic E-state index is 0.0216. The average molecular weight is 442 g/mol. The summed E-state index contributed by atoms with van der Waals surface area (Å²) in [5, 5.41) is 0. The van der Waals surface area contributed by atoms with Crippen LogP contribution in [-0.2, 0) is 30.2 Å². The Bertz CT molecular complexity index is 836. The first-order valence-electron chi connectivity index (χ1n) is 9.39. The van der Waals surface area contributed by atoms with Crippen molar-refractivity contribution in [1.82, 2.24) is 0 Å². The molecule has 0 aliphatic rings. The number of para-hydroxylation sites is 1. The van der Waals surface area contributed by atoms with E-state index in [1.54, 1.807) is 38.1 Å². The molecule has 2 atom stereocenters. The highest BCUT2D eigenvalue weighted by atomic mass is 32.2. The van der Waals surface area contributed by atoms with Crippen LogP contribution in [0.4, 0.5) is 0 Å². The fraction of sp³-hybridized carbons (Fsp3) is 0.400. The SMILES string of the molecule is CCOP(=O)(OCC)C(CC(Cc1ccccc1)Oc1ccccc1)S(=O)(=O)O. The summed E-state index contributed by atoms with van der Waals surface area (Å²) < 4.78 is 63.6. The van der Waals surface area contributed by atoms with Crippen molar-refractivity contribution < 1.29 is 31.3 Å². The van der Waals surface area contributed by atoms with E-state index in [1.807, 2.05) is 36.4 Å². The first kappa shape index (κ1) is 23.6. The van der Waals surface area contributed by atoms with Gasteiger partial charge < -0.3 is 13.8 Å². The lowest BCUT2D eigenvalue weighted by Crippen LogP contribution is -2.32. The molecule has 0 amide bonds. The van der Waals surface area contributed by atoms with E-state index in [0.717, 1.165) is 5.56 Å². The summed E-state index contributed by atoms with van der Waals surface area (Å²) in [6.45, 7) is 3.11. The van der Waals surface area contributed by atoms with Gasteiger partial charge in [-0.25, -0.2) is 0 Å². The van der Waals surface area contributed by atoms with Gasteiger partial charge in [0.05, 0.1) is 13.2 Å². The zero-order chi connectivity index (χ0) is 21.3. The van der Waals surface area contributed by atoms with Crippen LogP contribution in [0.15, 0.2) is 60.7 Å². The molecule has 160 valence electrons. The van der Waals surface area contributed by atoms with Gasteiger partial charge in [0.25, 0.3) is 10.1 Å². The Morgan fingerprint density at radius 1 is 0.931 bits per heavy atom. The van der Waals surface area contributed by atoms with Crippen molar-refractivity contribution in [1.29, 1.82) is 0 Å². The fourth-order valence-corrected chi connectivity index (χ4v) is 6.69. The molecule has 0 aromatic heterocycles. The van der Waals surface area contributed by atoms with E-state index in [4.69, 9.17) is 13.8 Å². The van der Waals surface area contributed by atoms with Crippen LogP contribution < -0.4 is 4.74 Å². The molecule has 1 N–H and O–H groups in total. The minimum Gasteiger partial charge on any atom is -0.490 e. The maximum Gasteiger partial charge on any atom is 0.351 e. The third kappa shape index (κ3) is 7.24. The molecular weight excluding hydrogens is 415 g/mol. The van der Waals surface area contributed by atoms with Gasteiger partial charge in [0.2, 0.25) is 0 Å². The molecule has 0 saturated carbocycles. The summed E-state index contributed by atoms with van der Waals surface area (Å²) in [6, 6.07) is 18.3. The van der Waals surface area contributed by atoms with Gasteiger partial charge in [-0.2, -0.15) is 8.42 Å². The molecule has 0 aliphatic heterocycles. The number of hydrogen-bond donors (Lipinski definition) is 1. The Morgan fingerprint density at radius 2 is 1.45 bits per heavy atom. The van der Waals surface area contributed by atoms with Gasteiger partial charge in [-0.1, -0.05) is 48.5 Å². The third-order valence-corrected chi connectivity index (χ3v) is 8.74. The number of ether oxygens (including phenoxy) is 1. The second-order valence-corrected chi connectivity index (χ2v) is 10.5. The zero-order valence-corrected chi connectivity index (χ0v) is 18.2. The van der Waals surface area contributed by atoms with Crippen LogP contribution in [0.2, 0.25) is 0 Å². The first-order valence-corrected chi connectivity index (χ1v) is 12.5. The van der Waals surface area contributed by atoms with Gasteiger partial charge in [0.15, 0.2) is 4.99 Å². The standard InChI is InChI=1S/C20H27O7PS/c1-3-25-28(21,26-4-2)20(29(22,23)24)16-19(15-17-11-7-5-8-12-17)27-18-13-9-6-10-14-18/h5-14,19-20H,3-4,15-16H2,1-2H3,(H,22,23,24). The van der Waals surface area contributed by atoms with Crippen molar-refractivity contribution in [3.05, 3.63) is 66.2 Å². The highest BCUT2D eigenvalue weighted by molar-refractivity contribution is 7.94. The maximum absolute atomic E-state index is 13.2. The average Bonchev–Trinajstić information content (AvgIpc) is 2.67. The molecular formula is C20H27O7PS. The number of hydrogen-bond acceptors (Lipinski definition) is 6. The Hall–Kier alpha value is -1.70. The molecule has 0 radical (unpaired) electrons. The molecule has 2 aromatic carbocycles. The number of benzene rings is 2. The minimum atomic E-state index is -4.74. The van der Waals surface area contributed by atoms with Crippen LogP contribution in [-0.4, -0.2) is 37.3 Å². The largest absolute Gasteiger partial charge is 0.490 e. The van der Waals surface area contributed by atoms with Crippen LogP contribution in [0.25, 0.3) is 0 Å². The topological polar surface area (TPSA) is 99.1 Å². The van der Waals surface area contributed by atoms with E-state index in [1.165, 1.54) is 0 Å². The summed E-state index contributed by atoms with van der Waals surface area (Å²) in [7, 11) is -8.87. The Morgan fingerprint density at radius 3 is 1.93 bits per heavy atom. The van der Waals surface area contributed by atoms with E-state index < -0.39 is 28.8 Å². The molecule has 29 heavy (non-hydrogen) atoms. The maximum atomic E-state index is 13.2. The summed E-state index contributed by atoms with van der Waals surface area (Å²) in [6.07, 6.45) is -0.610. The van der Waals surface area contributed by atoms with Crippen LogP contribution in [0.3, 0.4) is 0 Å². The summed E-state index contributed by atoms with van der Waals surface area (Å²) in [5.41, 5.74) is 0.908. The van der Waals surface area contributed by atoms with Crippen molar-refractivity contribution in [3.8, 4) is 5.75 Å². The van der Waals surface area contributed by atoms with Gasteiger partial charge in [0.1, 0.15) is 11.9 Å². The molecule has 9 heteroatoms. The van der Waals surface area contributed by atoms with Gasteiger partial charge >= 0.3 is 7.60 Å². The van der Waals surface area contributed by atoms with Gasteiger partial charge in [-0.05, 0) is 31.5 Å². The molecule has 7 nitrogen and oxygen atoms in total. The van der Waals surface area contributed by atoms with E-state index in [-0.39, 0.29) is 19.6 Å². The fourth-order valence-electron chi connectivity index (χ4n) is 2.94. The van der Waals surface area contributed by atoms with Crippen molar-refractivity contribution in [2.45, 2.75) is 37.8 Å². The van der Waals surface area contributed by atoms with Crippen LogP contribution in [0, 0.1) is 0 Å². The van der Waals surface area contributed by atoms with Crippen molar-refractivity contribution in [2.24, 2.45) is 0 Å². The Kier molecular flexibility index (Phi) is 8.86.